The molecule has 0 aliphatic carbocycles. The largest absolute Gasteiger partial charge is 0.384 e. The Morgan fingerprint density at radius 2 is 1.86 bits per heavy atom. The van der Waals surface area contributed by atoms with Gasteiger partial charge in [0.1, 0.15) is 11.5 Å². The molecule has 1 heterocycles. The van der Waals surface area contributed by atoms with E-state index in [0.717, 1.165) is 41.0 Å². The topological polar surface area (TPSA) is 75.9 Å². The molecule has 0 aliphatic rings. The van der Waals surface area contributed by atoms with Gasteiger partial charge in [0, 0.05) is 24.3 Å². The zero-order chi connectivity index (χ0) is 20.8. The predicted octanol–water partition coefficient (Wildman–Crippen LogP) is 5.51. The van der Waals surface area contributed by atoms with Gasteiger partial charge in [0.05, 0.1) is 5.69 Å². The van der Waals surface area contributed by atoms with Crippen molar-refractivity contribution in [1.29, 1.82) is 0 Å². The van der Waals surface area contributed by atoms with Crippen LogP contribution in [0, 0.1) is 5.82 Å². The normalized spacial score (nSPS) is 11.7. The average molecular weight is 391 g/mol. The Labute approximate surface area is 170 Å². The van der Waals surface area contributed by atoms with Crippen LogP contribution in [-0.4, -0.2) is 17.0 Å². The molecule has 1 unspecified atom stereocenters. The minimum Gasteiger partial charge on any atom is -0.384 e. The van der Waals surface area contributed by atoms with Gasteiger partial charge in [-0.3, -0.25) is 0 Å². The van der Waals surface area contributed by atoms with Gasteiger partial charge in [-0.15, -0.1) is 0 Å². The van der Waals surface area contributed by atoms with Crippen LogP contribution in [0.25, 0.3) is 17.5 Å². The molecule has 0 radical (unpaired) electrons. The summed E-state index contributed by atoms with van der Waals surface area (Å²) in [4.78, 5) is 9.45. The van der Waals surface area contributed by atoms with E-state index in [1.807, 2.05) is 31.3 Å². The Balaban J connectivity index is 2.16. The number of hydrogen-bond acceptors (Lipinski definition) is 5. The SMILES string of the molecule is C=Cc1ccccc1Nc1nc(-c2ccc(F)cc2)nc(C(N)CCC)c1NC. The third-order valence-corrected chi connectivity index (χ3v) is 4.67. The van der Waals surface area contributed by atoms with E-state index in [9.17, 15) is 4.39 Å². The van der Waals surface area contributed by atoms with E-state index in [1.54, 1.807) is 18.2 Å². The van der Waals surface area contributed by atoms with Crippen molar-refractivity contribution in [2.45, 2.75) is 25.8 Å². The summed E-state index contributed by atoms with van der Waals surface area (Å²) in [5.41, 5.74) is 10.5. The molecule has 0 spiro atoms. The van der Waals surface area contributed by atoms with Gasteiger partial charge in [0.15, 0.2) is 11.6 Å². The number of para-hydroxylation sites is 1. The van der Waals surface area contributed by atoms with Crippen LogP contribution in [0.2, 0.25) is 0 Å². The molecule has 150 valence electrons. The Morgan fingerprint density at radius 3 is 2.52 bits per heavy atom. The van der Waals surface area contributed by atoms with Gasteiger partial charge in [-0.1, -0.05) is 44.2 Å². The monoisotopic (exact) mass is 391 g/mol. The summed E-state index contributed by atoms with van der Waals surface area (Å²) in [6, 6.07) is 13.7. The second-order valence-electron chi connectivity index (χ2n) is 6.72. The van der Waals surface area contributed by atoms with E-state index >= 15 is 0 Å². The first-order chi connectivity index (χ1) is 14.1. The standard InChI is InChI=1S/C23H26FN5/c1-4-8-18(25)20-21(26-3)23(27-19-10-7-6-9-15(19)5-2)29-22(28-20)16-11-13-17(24)14-12-16/h5-7,9-14,18,26H,2,4,8,25H2,1,3H3,(H,27,28,29). The van der Waals surface area contributed by atoms with Crippen molar-refractivity contribution in [3.8, 4) is 11.4 Å². The molecule has 0 fully saturated rings. The summed E-state index contributed by atoms with van der Waals surface area (Å²) < 4.78 is 13.4. The molecule has 2 aromatic carbocycles. The lowest BCUT2D eigenvalue weighted by Crippen LogP contribution is -2.17. The second-order valence-corrected chi connectivity index (χ2v) is 6.72. The van der Waals surface area contributed by atoms with Crippen LogP contribution in [-0.2, 0) is 0 Å². The Kier molecular flexibility index (Phi) is 6.57. The van der Waals surface area contributed by atoms with Crippen LogP contribution < -0.4 is 16.4 Å². The van der Waals surface area contributed by atoms with Crippen LogP contribution in [0.1, 0.15) is 37.1 Å². The molecular formula is C23H26FN5. The maximum absolute atomic E-state index is 13.4. The van der Waals surface area contributed by atoms with Crippen molar-refractivity contribution in [2.24, 2.45) is 5.73 Å². The Morgan fingerprint density at radius 1 is 1.14 bits per heavy atom. The summed E-state index contributed by atoms with van der Waals surface area (Å²) in [6.07, 6.45) is 3.51. The zero-order valence-corrected chi connectivity index (χ0v) is 16.7. The number of nitrogens with one attached hydrogen (secondary N) is 2. The van der Waals surface area contributed by atoms with Gasteiger partial charge >= 0.3 is 0 Å². The van der Waals surface area contributed by atoms with Crippen molar-refractivity contribution in [1.82, 2.24) is 9.97 Å². The third kappa shape index (κ3) is 4.60. The summed E-state index contributed by atoms with van der Waals surface area (Å²) in [6.45, 7) is 5.96. The van der Waals surface area contributed by atoms with Crippen molar-refractivity contribution in [3.63, 3.8) is 0 Å². The van der Waals surface area contributed by atoms with Crippen molar-refractivity contribution in [3.05, 3.63) is 72.2 Å². The number of benzene rings is 2. The number of aromatic nitrogens is 2. The van der Waals surface area contributed by atoms with Crippen LogP contribution in [0.15, 0.2) is 55.1 Å². The quantitative estimate of drug-likeness (QED) is 0.472. The number of rotatable bonds is 8. The van der Waals surface area contributed by atoms with E-state index < -0.39 is 0 Å². The number of nitrogens with zero attached hydrogens (tertiary/aromatic N) is 2. The van der Waals surface area contributed by atoms with Crippen molar-refractivity contribution in [2.75, 3.05) is 17.7 Å². The number of nitrogens with two attached hydrogens (primary N) is 1. The molecule has 0 bridgehead atoms. The molecule has 5 nitrogen and oxygen atoms in total. The highest BCUT2D eigenvalue weighted by atomic mass is 19.1. The van der Waals surface area contributed by atoms with Gasteiger partial charge in [-0.25, -0.2) is 14.4 Å². The fourth-order valence-corrected chi connectivity index (χ4v) is 3.18. The lowest BCUT2D eigenvalue weighted by Gasteiger charge is -2.20. The van der Waals surface area contributed by atoms with E-state index in [-0.39, 0.29) is 11.9 Å². The highest BCUT2D eigenvalue weighted by Crippen LogP contribution is 2.34. The molecule has 3 aromatic rings. The molecule has 0 amide bonds. The highest BCUT2D eigenvalue weighted by molar-refractivity contribution is 5.79. The van der Waals surface area contributed by atoms with E-state index in [1.165, 1.54) is 12.1 Å². The molecule has 6 heteroatoms. The van der Waals surface area contributed by atoms with Crippen LogP contribution in [0.4, 0.5) is 21.6 Å². The van der Waals surface area contributed by atoms with E-state index in [4.69, 9.17) is 15.7 Å². The van der Waals surface area contributed by atoms with Crippen molar-refractivity contribution >= 4 is 23.3 Å². The van der Waals surface area contributed by atoms with E-state index in [2.05, 4.69) is 24.1 Å². The molecule has 1 atom stereocenters. The second kappa shape index (κ2) is 9.30. The van der Waals surface area contributed by atoms with Crippen LogP contribution in [0.5, 0.6) is 0 Å². The van der Waals surface area contributed by atoms with Gasteiger partial charge in [0.25, 0.3) is 0 Å². The Bertz CT molecular complexity index is 985. The molecule has 1 aromatic heterocycles. The zero-order valence-electron chi connectivity index (χ0n) is 16.7. The van der Waals surface area contributed by atoms with Gasteiger partial charge in [0.2, 0.25) is 0 Å². The molecule has 29 heavy (non-hydrogen) atoms. The maximum Gasteiger partial charge on any atom is 0.162 e. The minimum atomic E-state index is -0.304. The molecule has 3 rings (SSSR count). The van der Waals surface area contributed by atoms with Crippen LogP contribution in [0.3, 0.4) is 0 Å². The first-order valence-corrected chi connectivity index (χ1v) is 9.67. The third-order valence-electron chi connectivity index (χ3n) is 4.67. The molecule has 0 aliphatic heterocycles. The predicted molar refractivity (Wildman–Crippen MR) is 119 cm³/mol. The lowest BCUT2D eigenvalue weighted by molar-refractivity contribution is 0.622. The summed E-state index contributed by atoms with van der Waals surface area (Å²) in [5, 5.41) is 6.58. The highest BCUT2D eigenvalue weighted by Gasteiger charge is 2.20. The van der Waals surface area contributed by atoms with Gasteiger partial charge in [-0.05, 0) is 42.3 Å². The smallest absolute Gasteiger partial charge is 0.162 e. The summed E-state index contributed by atoms with van der Waals surface area (Å²) in [7, 11) is 1.82. The Hall–Kier alpha value is -3.25. The molecule has 4 N–H and O–H groups in total. The molecular weight excluding hydrogens is 365 g/mol. The fourth-order valence-electron chi connectivity index (χ4n) is 3.18. The van der Waals surface area contributed by atoms with Crippen LogP contribution >= 0.6 is 0 Å². The first kappa shape index (κ1) is 20.5. The van der Waals surface area contributed by atoms with E-state index in [0.29, 0.717) is 11.6 Å². The summed E-state index contributed by atoms with van der Waals surface area (Å²) in [5.74, 6) is 0.795. The number of halogens is 1. The molecule has 0 saturated carbocycles. The number of anilines is 3. The number of hydrogen-bond donors (Lipinski definition) is 3. The fraction of sp³-hybridized carbons (Fsp3) is 0.217. The maximum atomic E-state index is 13.4. The molecule has 0 saturated heterocycles. The van der Waals surface area contributed by atoms with Crippen molar-refractivity contribution < 1.29 is 4.39 Å². The van der Waals surface area contributed by atoms with Gasteiger partial charge in [-0.2, -0.15) is 0 Å². The van der Waals surface area contributed by atoms with Gasteiger partial charge < -0.3 is 16.4 Å². The minimum absolute atomic E-state index is 0.250. The average Bonchev–Trinajstić information content (AvgIpc) is 2.74. The lowest BCUT2D eigenvalue weighted by atomic mass is 10.1. The summed E-state index contributed by atoms with van der Waals surface area (Å²) >= 11 is 0. The first-order valence-electron chi connectivity index (χ1n) is 9.67.